The van der Waals surface area contributed by atoms with Crippen molar-refractivity contribution in [2.24, 2.45) is 0 Å². The van der Waals surface area contributed by atoms with E-state index in [0.717, 1.165) is 22.9 Å². The SMILES string of the molecule is COCCN1C(=O)S/C(=C/c2cccc(OCc3ccc(Cl)cc3Cl)c2)C1=O. The lowest BCUT2D eigenvalue weighted by molar-refractivity contribution is -0.123. The number of nitrogens with zero attached hydrogens (tertiary/aromatic N) is 1. The number of amides is 2. The molecule has 146 valence electrons. The molecule has 28 heavy (non-hydrogen) atoms. The van der Waals surface area contributed by atoms with E-state index >= 15 is 0 Å². The van der Waals surface area contributed by atoms with Gasteiger partial charge in [-0.15, -0.1) is 0 Å². The van der Waals surface area contributed by atoms with Gasteiger partial charge in [0.05, 0.1) is 18.1 Å². The number of hydrogen-bond donors (Lipinski definition) is 0. The molecule has 0 spiro atoms. The molecule has 0 radical (unpaired) electrons. The van der Waals surface area contributed by atoms with E-state index in [0.29, 0.717) is 27.3 Å². The molecule has 0 bridgehead atoms. The Hall–Kier alpha value is -1.99. The highest BCUT2D eigenvalue weighted by Gasteiger charge is 2.34. The Labute approximate surface area is 177 Å². The summed E-state index contributed by atoms with van der Waals surface area (Å²) in [6, 6.07) is 12.5. The largest absolute Gasteiger partial charge is 0.489 e. The van der Waals surface area contributed by atoms with Gasteiger partial charge in [-0.25, -0.2) is 0 Å². The van der Waals surface area contributed by atoms with Crippen LogP contribution in [-0.4, -0.2) is 36.3 Å². The Bertz CT molecular complexity index is 932. The van der Waals surface area contributed by atoms with Gasteiger partial charge in [0.1, 0.15) is 12.4 Å². The first kappa shape index (κ1) is 20.7. The molecule has 0 aromatic heterocycles. The molecule has 0 aliphatic carbocycles. The van der Waals surface area contributed by atoms with Gasteiger partial charge in [0.25, 0.3) is 11.1 Å². The standard InChI is InChI=1S/C20H17Cl2NO4S/c1-26-8-7-23-19(24)18(28-20(23)25)10-13-3-2-4-16(9-13)27-12-14-5-6-15(21)11-17(14)22/h2-6,9-11H,7-8,12H2,1H3/b18-10+. The fourth-order valence-electron chi connectivity index (χ4n) is 2.52. The summed E-state index contributed by atoms with van der Waals surface area (Å²) in [5.41, 5.74) is 1.58. The van der Waals surface area contributed by atoms with Crippen molar-refractivity contribution in [1.29, 1.82) is 0 Å². The third kappa shape index (κ3) is 5.08. The molecule has 8 heteroatoms. The van der Waals surface area contributed by atoms with Gasteiger partial charge in [-0.05, 0) is 47.7 Å². The van der Waals surface area contributed by atoms with Gasteiger partial charge in [-0.1, -0.05) is 41.4 Å². The lowest BCUT2D eigenvalue weighted by atomic mass is 10.2. The highest BCUT2D eigenvalue weighted by molar-refractivity contribution is 8.18. The summed E-state index contributed by atoms with van der Waals surface area (Å²) in [4.78, 5) is 25.9. The Morgan fingerprint density at radius 1 is 1.14 bits per heavy atom. The smallest absolute Gasteiger partial charge is 0.293 e. The van der Waals surface area contributed by atoms with Gasteiger partial charge >= 0.3 is 0 Å². The average Bonchev–Trinajstić information content (AvgIpc) is 2.92. The van der Waals surface area contributed by atoms with Crippen LogP contribution in [0, 0.1) is 0 Å². The summed E-state index contributed by atoms with van der Waals surface area (Å²) >= 11 is 13.0. The molecule has 0 saturated carbocycles. The Morgan fingerprint density at radius 3 is 2.71 bits per heavy atom. The fraction of sp³-hybridized carbons (Fsp3) is 0.200. The maximum Gasteiger partial charge on any atom is 0.293 e. The third-order valence-electron chi connectivity index (χ3n) is 3.96. The van der Waals surface area contributed by atoms with Gasteiger partial charge < -0.3 is 9.47 Å². The van der Waals surface area contributed by atoms with E-state index in [-0.39, 0.29) is 24.3 Å². The summed E-state index contributed by atoms with van der Waals surface area (Å²) in [5, 5.41) is 0.807. The molecule has 1 saturated heterocycles. The number of ether oxygens (including phenoxy) is 2. The van der Waals surface area contributed by atoms with Crippen molar-refractivity contribution in [2.45, 2.75) is 6.61 Å². The molecular formula is C20H17Cl2NO4S. The summed E-state index contributed by atoms with van der Waals surface area (Å²) in [7, 11) is 1.53. The van der Waals surface area contributed by atoms with E-state index in [2.05, 4.69) is 0 Å². The van der Waals surface area contributed by atoms with E-state index in [9.17, 15) is 9.59 Å². The number of carbonyl (C=O) groups excluding carboxylic acids is 2. The first-order valence-corrected chi connectivity index (χ1v) is 9.96. The molecule has 1 fully saturated rings. The first-order valence-electron chi connectivity index (χ1n) is 8.39. The molecule has 0 unspecified atom stereocenters. The molecule has 3 rings (SSSR count). The predicted molar refractivity (Wildman–Crippen MR) is 112 cm³/mol. The third-order valence-corrected chi connectivity index (χ3v) is 5.45. The van der Waals surface area contributed by atoms with E-state index in [4.69, 9.17) is 32.7 Å². The van der Waals surface area contributed by atoms with Gasteiger partial charge in [-0.2, -0.15) is 0 Å². The van der Waals surface area contributed by atoms with Crippen LogP contribution in [0.4, 0.5) is 4.79 Å². The van der Waals surface area contributed by atoms with Crippen LogP contribution in [0.1, 0.15) is 11.1 Å². The van der Waals surface area contributed by atoms with Crippen LogP contribution in [0.25, 0.3) is 6.08 Å². The number of methoxy groups -OCH3 is 1. The average molecular weight is 438 g/mol. The topological polar surface area (TPSA) is 55.8 Å². The summed E-state index contributed by atoms with van der Waals surface area (Å²) in [6.45, 7) is 0.832. The van der Waals surface area contributed by atoms with Gasteiger partial charge in [0.2, 0.25) is 0 Å². The van der Waals surface area contributed by atoms with Crippen molar-refractivity contribution in [3.05, 3.63) is 68.5 Å². The molecule has 2 amide bonds. The first-order chi connectivity index (χ1) is 13.5. The minimum absolute atomic E-state index is 0.240. The molecule has 0 N–H and O–H groups in total. The molecule has 1 heterocycles. The number of benzene rings is 2. The number of thioether (sulfide) groups is 1. The van der Waals surface area contributed by atoms with Crippen molar-refractivity contribution in [3.63, 3.8) is 0 Å². The van der Waals surface area contributed by atoms with Crippen molar-refractivity contribution in [2.75, 3.05) is 20.3 Å². The van der Waals surface area contributed by atoms with Gasteiger partial charge in [0.15, 0.2) is 0 Å². The Balaban J connectivity index is 1.70. The zero-order valence-electron chi connectivity index (χ0n) is 15.0. The van der Waals surface area contributed by atoms with Crippen molar-refractivity contribution >= 4 is 52.2 Å². The number of carbonyl (C=O) groups is 2. The van der Waals surface area contributed by atoms with Crippen LogP contribution in [0.3, 0.4) is 0 Å². The molecule has 0 atom stereocenters. The minimum Gasteiger partial charge on any atom is -0.489 e. The molecule has 2 aromatic rings. The molecule has 1 aliphatic rings. The second-order valence-corrected chi connectivity index (χ2v) is 7.76. The van der Waals surface area contributed by atoms with Crippen molar-refractivity contribution < 1.29 is 19.1 Å². The monoisotopic (exact) mass is 437 g/mol. The van der Waals surface area contributed by atoms with Crippen LogP contribution >= 0.6 is 35.0 Å². The molecule has 5 nitrogen and oxygen atoms in total. The number of hydrogen-bond acceptors (Lipinski definition) is 5. The second-order valence-electron chi connectivity index (χ2n) is 5.92. The molecular weight excluding hydrogens is 421 g/mol. The predicted octanol–water partition coefficient (Wildman–Crippen LogP) is 5.26. The fourth-order valence-corrected chi connectivity index (χ4v) is 3.85. The van der Waals surface area contributed by atoms with Gasteiger partial charge in [0, 0.05) is 22.7 Å². The molecule has 2 aromatic carbocycles. The van der Waals surface area contributed by atoms with E-state index in [1.54, 1.807) is 24.3 Å². The summed E-state index contributed by atoms with van der Waals surface area (Å²) < 4.78 is 10.7. The second kappa shape index (κ2) is 9.47. The summed E-state index contributed by atoms with van der Waals surface area (Å²) in [6.07, 6.45) is 1.68. The van der Waals surface area contributed by atoms with Crippen molar-refractivity contribution in [3.8, 4) is 5.75 Å². The van der Waals surface area contributed by atoms with Crippen LogP contribution in [0.15, 0.2) is 47.4 Å². The van der Waals surface area contributed by atoms with E-state index in [1.165, 1.54) is 12.0 Å². The lowest BCUT2D eigenvalue weighted by Crippen LogP contribution is -2.31. The number of halogens is 2. The van der Waals surface area contributed by atoms with Crippen LogP contribution in [0.5, 0.6) is 5.75 Å². The zero-order chi connectivity index (χ0) is 20.1. The maximum absolute atomic E-state index is 12.4. The van der Waals surface area contributed by atoms with Crippen LogP contribution in [-0.2, 0) is 16.1 Å². The van der Waals surface area contributed by atoms with Crippen LogP contribution in [0.2, 0.25) is 10.0 Å². The highest BCUT2D eigenvalue weighted by Crippen LogP contribution is 2.32. The minimum atomic E-state index is -0.314. The summed E-state index contributed by atoms with van der Waals surface area (Å²) in [5.74, 6) is 0.310. The number of imide groups is 1. The lowest BCUT2D eigenvalue weighted by Gasteiger charge is -2.10. The maximum atomic E-state index is 12.4. The zero-order valence-corrected chi connectivity index (χ0v) is 17.3. The van der Waals surface area contributed by atoms with E-state index < -0.39 is 0 Å². The van der Waals surface area contributed by atoms with Crippen molar-refractivity contribution in [1.82, 2.24) is 4.90 Å². The number of rotatable bonds is 7. The van der Waals surface area contributed by atoms with E-state index in [1.807, 2.05) is 24.3 Å². The van der Waals surface area contributed by atoms with Gasteiger partial charge in [-0.3, -0.25) is 14.5 Å². The van der Waals surface area contributed by atoms with Crippen LogP contribution < -0.4 is 4.74 Å². The molecule has 1 aliphatic heterocycles. The quantitative estimate of drug-likeness (QED) is 0.553. The Morgan fingerprint density at radius 2 is 1.96 bits per heavy atom. The Kier molecular flexibility index (Phi) is 7.02. The normalized spacial score (nSPS) is 15.5. The highest BCUT2D eigenvalue weighted by atomic mass is 35.5.